The minimum Gasteiger partial charge on any atom is -0.460 e. The van der Waals surface area contributed by atoms with Crippen molar-refractivity contribution in [1.82, 2.24) is 5.32 Å². The van der Waals surface area contributed by atoms with Crippen LogP contribution >= 0.6 is 15.9 Å². The van der Waals surface area contributed by atoms with Gasteiger partial charge in [-0.1, -0.05) is 77.1 Å². The first-order valence-corrected chi connectivity index (χ1v) is 9.72. The molecule has 0 spiro atoms. The van der Waals surface area contributed by atoms with Gasteiger partial charge in [-0.05, 0) is 22.3 Å². The number of halogens is 1. The van der Waals surface area contributed by atoms with Gasteiger partial charge in [-0.3, -0.25) is 0 Å². The molecule has 1 amide bonds. The Bertz CT molecular complexity index is 806. The summed E-state index contributed by atoms with van der Waals surface area (Å²) in [6, 6.07) is 15.4. The van der Waals surface area contributed by atoms with Crippen LogP contribution in [0.15, 0.2) is 61.2 Å². The summed E-state index contributed by atoms with van der Waals surface area (Å²) in [5.41, 5.74) is 4.59. The fourth-order valence-corrected chi connectivity index (χ4v) is 3.61. The second-order valence-electron chi connectivity index (χ2n) is 6.10. The number of ether oxygens (including phenoxy) is 2. The van der Waals surface area contributed by atoms with Crippen LogP contribution in [0.4, 0.5) is 4.79 Å². The lowest BCUT2D eigenvalue weighted by atomic mass is 9.98. The summed E-state index contributed by atoms with van der Waals surface area (Å²) < 4.78 is 10.4. The molecule has 0 fully saturated rings. The van der Waals surface area contributed by atoms with E-state index in [-0.39, 0.29) is 24.5 Å². The van der Waals surface area contributed by atoms with E-state index in [0.29, 0.717) is 0 Å². The number of nitrogens with one attached hydrogen (secondary N) is 1. The minimum absolute atomic E-state index is 0.0294. The number of hydrogen-bond acceptors (Lipinski definition) is 4. The summed E-state index contributed by atoms with van der Waals surface area (Å²) >= 11 is 3.20. The van der Waals surface area contributed by atoms with Gasteiger partial charge in [0.05, 0.1) is 0 Å². The number of amides is 1. The number of carbonyl (C=O) groups excluding carboxylic acids is 2. The fraction of sp³-hybridized carbons (Fsp3) is 0.238. The molecule has 0 aromatic heterocycles. The molecule has 5 nitrogen and oxygen atoms in total. The van der Waals surface area contributed by atoms with E-state index in [4.69, 9.17) is 9.47 Å². The number of rotatable bonds is 7. The van der Waals surface area contributed by atoms with E-state index in [9.17, 15) is 9.59 Å². The number of alkyl halides is 1. The van der Waals surface area contributed by atoms with Crippen LogP contribution in [-0.2, 0) is 14.3 Å². The lowest BCUT2D eigenvalue weighted by molar-refractivity contribution is -0.144. The van der Waals surface area contributed by atoms with Gasteiger partial charge in [0.2, 0.25) is 0 Å². The average Bonchev–Trinajstić information content (AvgIpc) is 3.02. The van der Waals surface area contributed by atoms with E-state index in [1.54, 1.807) is 0 Å². The Balaban J connectivity index is 1.65. The molecular formula is C21H20BrNO4. The molecule has 0 aliphatic heterocycles. The summed E-state index contributed by atoms with van der Waals surface area (Å²) in [5.74, 6) is -0.571. The molecule has 2 aromatic carbocycles. The van der Waals surface area contributed by atoms with Crippen LogP contribution in [0, 0.1) is 0 Å². The van der Waals surface area contributed by atoms with Gasteiger partial charge in [-0.2, -0.15) is 0 Å². The Kier molecular flexibility index (Phi) is 6.29. The molecule has 0 unspecified atom stereocenters. The van der Waals surface area contributed by atoms with E-state index in [1.807, 2.05) is 24.3 Å². The number of fused-ring (bicyclic) bond motifs is 3. The van der Waals surface area contributed by atoms with Crippen LogP contribution in [0.25, 0.3) is 11.1 Å². The van der Waals surface area contributed by atoms with Crippen molar-refractivity contribution in [1.29, 1.82) is 0 Å². The summed E-state index contributed by atoms with van der Waals surface area (Å²) in [6.07, 6.45) is 0.813. The molecule has 3 rings (SSSR count). The van der Waals surface area contributed by atoms with Crippen molar-refractivity contribution >= 4 is 28.0 Å². The van der Waals surface area contributed by atoms with Crippen molar-refractivity contribution < 1.29 is 19.1 Å². The summed E-state index contributed by atoms with van der Waals surface area (Å²) in [6.45, 7) is 3.77. The maximum absolute atomic E-state index is 12.2. The molecule has 0 heterocycles. The van der Waals surface area contributed by atoms with Gasteiger partial charge in [0.1, 0.15) is 19.3 Å². The number of carbonyl (C=O) groups is 2. The average molecular weight is 430 g/mol. The van der Waals surface area contributed by atoms with Crippen LogP contribution in [-0.4, -0.2) is 36.6 Å². The zero-order chi connectivity index (χ0) is 19.2. The van der Waals surface area contributed by atoms with E-state index in [2.05, 4.69) is 52.1 Å². The second-order valence-corrected chi connectivity index (χ2v) is 6.74. The van der Waals surface area contributed by atoms with E-state index >= 15 is 0 Å². The molecule has 1 aliphatic rings. The highest BCUT2D eigenvalue weighted by Crippen LogP contribution is 2.44. The van der Waals surface area contributed by atoms with Gasteiger partial charge in [0.15, 0.2) is 0 Å². The highest BCUT2D eigenvalue weighted by molar-refractivity contribution is 9.09. The van der Waals surface area contributed by atoms with Crippen LogP contribution in [0.1, 0.15) is 17.0 Å². The number of esters is 1. The van der Waals surface area contributed by atoms with Gasteiger partial charge in [0, 0.05) is 11.2 Å². The smallest absolute Gasteiger partial charge is 0.407 e. The van der Waals surface area contributed by atoms with Gasteiger partial charge >= 0.3 is 12.1 Å². The first-order valence-electron chi connectivity index (χ1n) is 8.60. The van der Waals surface area contributed by atoms with Gasteiger partial charge < -0.3 is 14.8 Å². The predicted octanol–water partition coefficient (Wildman–Crippen LogP) is 4.02. The molecule has 1 atom stereocenters. The SMILES string of the molecule is C=CCOC(=O)[C@H](CBr)NC(=O)OCC1c2ccccc2-c2ccccc21. The number of hydrogen-bond donors (Lipinski definition) is 1. The second kappa shape index (κ2) is 8.86. The molecule has 2 aromatic rings. The molecule has 27 heavy (non-hydrogen) atoms. The molecule has 140 valence electrons. The maximum Gasteiger partial charge on any atom is 0.407 e. The molecule has 0 saturated heterocycles. The molecule has 6 heteroatoms. The van der Waals surface area contributed by atoms with E-state index in [1.165, 1.54) is 6.08 Å². The predicted molar refractivity (Wildman–Crippen MR) is 107 cm³/mol. The largest absolute Gasteiger partial charge is 0.460 e. The molecule has 0 radical (unpaired) electrons. The molecular weight excluding hydrogens is 410 g/mol. The van der Waals surface area contributed by atoms with Gasteiger partial charge in [-0.15, -0.1) is 0 Å². The molecule has 0 bridgehead atoms. The Morgan fingerprint density at radius 3 is 2.22 bits per heavy atom. The van der Waals surface area contributed by atoms with Crippen LogP contribution in [0.5, 0.6) is 0 Å². The third-order valence-corrected chi connectivity index (χ3v) is 5.07. The zero-order valence-electron chi connectivity index (χ0n) is 14.7. The Labute approximate surface area is 166 Å². The molecule has 0 saturated carbocycles. The fourth-order valence-electron chi connectivity index (χ4n) is 3.18. The zero-order valence-corrected chi connectivity index (χ0v) is 16.3. The van der Waals surface area contributed by atoms with Crippen molar-refractivity contribution in [3.05, 3.63) is 72.3 Å². The first kappa shape index (κ1) is 19.2. The standard InChI is InChI=1S/C21H20BrNO4/c1-2-11-26-20(24)19(12-22)23-21(25)27-13-18-16-9-5-3-7-14(16)15-8-4-6-10-17(15)18/h2-10,18-19H,1,11-13H2,(H,23,25)/t19-/m0/s1. The van der Waals surface area contributed by atoms with E-state index in [0.717, 1.165) is 22.3 Å². The first-order chi connectivity index (χ1) is 13.2. The Morgan fingerprint density at radius 2 is 1.67 bits per heavy atom. The van der Waals surface area contributed by atoms with Gasteiger partial charge in [0.25, 0.3) is 0 Å². The lowest BCUT2D eigenvalue weighted by Gasteiger charge is -2.17. The van der Waals surface area contributed by atoms with Crippen molar-refractivity contribution in [2.45, 2.75) is 12.0 Å². The van der Waals surface area contributed by atoms with Crippen LogP contribution < -0.4 is 5.32 Å². The topological polar surface area (TPSA) is 64.6 Å². The van der Waals surface area contributed by atoms with Crippen molar-refractivity contribution in [3.63, 3.8) is 0 Å². The monoisotopic (exact) mass is 429 g/mol. The minimum atomic E-state index is -0.819. The van der Waals surface area contributed by atoms with Gasteiger partial charge in [-0.25, -0.2) is 9.59 Å². The summed E-state index contributed by atoms with van der Waals surface area (Å²) in [7, 11) is 0. The van der Waals surface area contributed by atoms with Crippen LogP contribution in [0.2, 0.25) is 0 Å². The Hall–Kier alpha value is -2.60. The maximum atomic E-state index is 12.2. The van der Waals surface area contributed by atoms with Crippen molar-refractivity contribution in [2.24, 2.45) is 0 Å². The summed E-state index contributed by atoms with van der Waals surface area (Å²) in [4.78, 5) is 24.1. The third-order valence-electron chi connectivity index (χ3n) is 4.42. The molecule has 1 N–H and O–H groups in total. The van der Waals surface area contributed by atoms with Crippen molar-refractivity contribution in [2.75, 3.05) is 18.5 Å². The highest BCUT2D eigenvalue weighted by Gasteiger charge is 2.29. The van der Waals surface area contributed by atoms with Crippen molar-refractivity contribution in [3.8, 4) is 11.1 Å². The Morgan fingerprint density at radius 1 is 1.07 bits per heavy atom. The quantitative estimate of drug-likeness (QED) is 0.410. The normalized spacial score (nSPS) is 13.2. The number of alkyl carbamates (subject to hydrolysis) is 1. The third kappa shape index (κ3) is 4.22. The lowest BCUT2D eigenvalue weighted by Crippen LogP contribution is -2.43. The van der Waals surface area contributed by atoms with E-state index < -0.39 is 18.1 Å². The highest BCUT2D eigenvalue weighted by atomic mass is 79.9. The number of benzene rings is 2. The molecule has 1 aliphatic carbocycles. The summed E-state index contributed by atoms with van der Waals surface area (Å²) in [5, 5.41) is 2.76. The van der Waals surface area contributed by atoms with Crippen LogP contribution in [0.3, 0.4) is 0 Å².